The van der Waals surface area contributed by atoms with Gasteiger partial charge in [-0.3, -0.25) is 4.79 Å². The van der Waals surface area contributed by atoms with Crippen LogP contribution in [0.2, 0.25) is 0 Å². The lowest BCUT2D eigenvalue weighted by Gasteiger charge is -2.17. The highest BCUT2D eigenvalue weighted by Crippen LogP contribution is 2.27. The third kappa shape index (κ3) is 3.50. The lowest BCUT2D eigenvalue weighted by atomic mass is 10.0. The number of aromatic nitrogens is 2. The average Bonchev–Trinajstić information content (AvgIpc) is 2.95. The molecule has 2 heterocycles. The molecule has 1 saturated heterocycles. The van der Waals surface area contributed by atoms with Crippen molar-refractivity contribution in [2.24, 2.45) is 5.92 Å². The van der Waals surface area contributed by atoms with Crippen LogP contribution in [0.4, 0.5) is 11.5 Å². The molecule has 1 aromatic carbocycles. The van der Waals surface area contributed by atoms with Crippen LogP contribution in [-0.4, -0.2) is 36.0 Å². The fourth-order valence-electron chi connectivity index (χ4n) is 2.94. The summed E-state index contributed by atoms with van der Waals surface area (Å²) in [5.74, 6) is 1.43. The summed E-state index contributed by atoms with van der Waals surface area (Å²) in [5.41, 5.74) is 1.98. The lowest BCUT2D eigenvalue weighted by Crippen LogP contribution is -2.24. The van der Waals surface area contributed by atoms with Gasteiger partial charge in [0, 0.05) is 44.0 Å². The Morgan fingerprint density at radius 1 is 1.26 bits per heavy atom. The fraction of sp³-hybridized carbons (Fsp3) is 0.389. The first-order chi connectivity index (χ1) is 11.2. The van der Waals surface area contributed by atoms with Crippen LogP contribution in [0, 0.1) is 5.92 Å². The van der Waals surface area contributed by atoms with Gasteiger partial charge in [-0.15, -0.1) is 0 Å². The van der Waals surface area contributed by atoms with E-state index in [-0.39, 0.29) is 5.91 Å². The maximum absolute atomic E-state index is 12.3. The Labute approximate surface area is 137 Å². The van der Waals surface area contributed by atoms with Crippen molar-refractivity contribution in [3.05, 3.63) is 48.4 Å². The smallest absolute Gasteiger partial charge is 0.227 e. The summed E-state index contributed by atoms with van der Waals surface area (Å²) in [7, 11) is 2.02. The van der Waals surface area contributed by atoms with E-state index in [4.69, 9.17) is 0 Å². The van der Waals surface area contributed by atoms with Gasteiger partial charge >= 0.3 is 0 Å². The SMILES string of the molecule is CCN(C)c1cc(CC2CC(=O)N(c3ccccc3)C2)ncn1. The summed E-state index contributed by atoms with van der Waals surface area (Å²) < 4.78 is 0. The third-order valence-corrected chi connectivity index (χ3v) is 4.35. The van der Waals surface area contributed by atoms with Crippen LogP contribution in [0.25, 0.3) is 0 Å². The quantitative estimate of drug-likeness (QED) is 0.851. The van der Waals surface area contributed by atoms with Crippen molar-refractivity contribution < 1.29 is 4.79 Å². The molecule has 1 unspecified atom stereocenters. The van der Waals surface area contributed by atoms with Crippen molar-refractivity contribution >= 4 is 17.4 Å². The molecule has 1 aliphatic heterocycles. The molecule has 120 valence electrons. The molecule has 0 N–H and O–H groups in total. The third-order valence-electron chi connectivity index (χ3n) is 4.35. The second-order valence-electron chi connectivity index (χ2n) is 6.00. The van der Waals surface area contributed by atoms with E-state index < -0.39 is 0 Å². The highest BCUT2D eigenvalue weighted by molar-refractivity contribution is 5.95. The zero-order valence-corrected chi connectivity index (χ0v) is 13.6. The zero-order valence-electron chi connectivity index (χ0n) is 13.6. The Morgan fingerprint density at radius 2 is 2.04 bits per heavy atom. The molecule has 0 spiro atoms. The Bertz CT molecular complexity index is 674. The molecule has 2 aromatic rings. The number of carbonyl (C=O) groups excluding carboxylic acids is 1. The topological polar surface area (TPSA) is 49.3 Å². The van der Waals surface area contributed by atoms with Crippen LogP contribution < -0.4 is 9.80 Å². The summed E-state index contributed by atoms with van der Waals surface area (Å²) in [4.78, 5) is 24.9. The maximum atomic E-state index is 12.3. The van der Waals surface area contributed by atoms with E-state index in [0.29, 0.717) is 12.3 Å². The van der Waals surface area contributed by atoms with Crippen molar-refractivity contribution in [3.8, 4) is 0 Å². The summed E-state index contributed by atoms with van der Waals surface area (Å²) >= 11 is 0. The number of benzene rings is 1. The summed E-state index contributed by atoms with van der Waals surface area (Å²) in [6.45, 7) is 3.75. The summed E-state index contributed by atoms with van der Waals surface area (Å²) in [6.07, 6.45) is 3.00. The largest absolute Gasteiger partial charge is 0.360 e. The highest BCUT2D eigenvalue weighted by Gasteiger charge is 2.30. The first kappa shape index (κ1) is 15.5. The minimum absolute atomic E-state index is 0.196. The van der Waals surface area contributed by atoms with Gasteiger partial charge in [-0.05, 0) is 31.4 Å². The van der Waals surface area contributed by atoms with E-state index in [0.717, 1.165) is 36.7 Å². The van der Waals surface area contributed by atoms with Crippen LogP contribution in [0.3, 0.4) is 0 Å². The number of anilines is 2. The molecule has 23 heavy (non-hydrogen) atoms. The minimum atomic E-state index is 0.196. The molecule has 0 saturated carbocycles. The second-order valence-corrected chi connectivity index (χ2v) is 6.00. The van der Waals surface area contributed by atoms with Crippen molar-refractivity contribution in [2.75, 3.05) is 29.9 Å². The predicted molar refractivity (Wildman–Crippen MR) is 91.6 cm³/mol. The van der Waals surface area contributed by atoms with E-state index in [1.54, 1.807) is 6.33 Å². The molecule has 1 fully saturated rings. The average molecular weight is 310 g/mol. The highest BCUT2D eigenvalue weighted by atomic mass is 16.2. The van der Waals surface area contributed by atoms with Crippen molar-refractivity contribution in [1.82, 2.24) is 9.97 Å². The van der Waals surface area contributed by atoms with Gasteiger partial charge in [-0.25, -0.2) is 9.97 Å². The summed E-state index contributed by atoms with van der Waals surface area (Å²) in [6, 6.07) is 11.9. The zero-order chi connectivity index (χ0) is 16.2. The molecule has 0 aliphatic carbocycles. The molecule has 1 amide bonds. The molecule has 1 aromatic heterocycles. The van der Waals surface area contributed by atoms with Gasteiger partial charge in [0.15, 0.2) is 0 Å². The second kappa shape index (κ2) is 6.77. The van der Waals surface area contributed by atoms with E-state index in [2.05, 4.69) is 21.8 Å². The Balaban J connectivity index is 1.69. The van der Waals surface area contributed by atoms with Gasteiger partial charge in [0.2, 0.25) is 5.91 Å². The molecule has 5 nitrogen and oxygen atoms in total. The van der Waals surface area contributed by atoms with Crippen molar-refractivity contribution in [3.63, 3.8) is 0 Å². The number of nitrogens with zero attached hydrogens (tertiary/aromatic N) is 4. The number of hydrogen-bond acceptors (Lipinski definition) is 4. The molecule has 5 heteroatoms. The molecule has 0 radical (unpaired) electrons. The Kier molecular flexibility index (Phi) is 4.55. The number of hydrogen-bond donors (Lipinski definition) is 0. The fourth-order valence-corrected chi connectivity index (χ4v) is 2.94. The predicted octanol–water partition coefficient (Wildman–Crippen LogP) is 2.53. The van der Waals surface area contributed by atoms with Crippen LogP contribution >= 0.6 is 0 Å². The van der Waals surface area contributed by atoms with Gasteiger partial charge in [0.05, 0.1) is 0 Å². The molecule has 1 atom stereocenters. The molecule has 3 rings (SSSR count). The van der Waals surface area contributed by atoms with E-state index in [1.807, 2.05) is 48.3 Å². The first-order valence-corrected chi connectivity index (χ1v) is 8.05. The van der Waals surface area contributed by atoms with Crippen molar-refractivity contribution in [2.45, 2.75) is 19.8 Å². The van der Waals surface area contributed by atoms with Crippen LogP contribution in [0.1, 0.15) is 19.0 Å². The van der Waals surface area contributed by atoms with Gasteiger partial charge in [0.1, 0.15) is 12.1 Å². The van der Waals surface area contributed by atoms with Gasteiger partial charge < -0.3 is 9.80 Å². The van der Waals surface area contributed by atoms with E-state index in [1.165, 1.54) is 0 Å². The van der Waals surface area contributed by atoms with Crippen LogP contribution in [-0.2, 0) is 11.2 Å². The first-order valence-electron chi connectivity index (χ1n) is 8.05. The van der Waals surface area contributed by atoms with Crippen LogP contribution in [0.5, 0.6) is 0 Å². The molecule has 0 bridgehead atoms. The Morgan fingerprint density at radius 3 is 2.78 bits per heavy atom. The van der Waals surface area contributed by atoms with Gasteiger partial charge in [0.25, 0.3) is 0 Å². The normalized spacial score (nSPS) is 17.6. The standard InChI is InChI=1S/C18H22N4O/c1-3-21(2)17-11-15(19-13-20-17)9-14-10-18(23)22(12-14)16-7-5-4-6-8-16/h4-8,11,13-14H,3,9-10,12H2,1-2H3. The van der Waals surface area contributed by atoms with E-state index >= 15 is 0 Å². The van der Waals surface area contributed by atoms with E-state index in [9.17, 15) is 4.79 Å². The van der Waals surface area contributed by atoms with Crippen molar-refractivity contribution in [1.29, 1.82) is 0 Å². The number of carbonyl (C=O) groups is 1. The monoisotopic (exact) mass is 310 g/mol. The Hall–Kier alpha value is -2.43. The summed E-state index contributed by atoms with van der Waals surface area (Å²) in [5, 5.41) is 0. The van der Waals surface area contributed by atoms with Gasteiger partial charge in [-0.1, -0.05) is 18.2 Å². The maximum Gasteiger partial charge on any atom is 0.227 e. The lowest BCUT2D eigenvalue weighted by molar-refractivity contribution is -0.117. The number of para-hydroxylation sites is 1. The molecular formula is C18H22N4O. The number of rotatable bonds is 5. The number of amides is 1. The molecule has 1 aliphatic rings. The minimum Gasteiger partial charge on any atom is -0.360 e. The van der Waals surface area contributed by atoms with Gasteiger partial charge in [-0.2, -0.15) is 0 Å². The van der Waals surface area contributed by atoms with Crippen LogP contribution in [0.15, 0.2) is 42.7 Å². The molecular weight excluding hydrogens is 288 g/mol.